The van der Waals surface area contributed by atoms with Gasteiger partial charge in [-0.05, 0) is 34.7 Å². The van der Waals surface area contributed by atoms with Crippen molar-refractivity contribution in [2.45, 2.75) is 30.6 Å². The molecule has 5 nitrogen and oxygen atoms in total. The molecule has 0 saturated carbocycles. The second kappa shape index (κ2) is 5.81. The van der Waals surface area contributed by atoms with E-state index in [-0.39, 0.29) is 0 Å². The molecule has 2 aromatic rings. The normalized spacial score (nSPS) is 19.4. The van der Waals surface area contributed by atoms with Crippen molar-refractivity contribution in [1.29, 1.82) is 0 Å². The van der Waals surface area contributed by atoms with E-state index < -0.39 is 0 Å². The van der Waals surface area contributed by atoms with Gasteiger partial charge in [0.05, 0.1) is 12.6 Å². The van der Waals surface area contributed by atoms with Crippen LogP contribution >= 0.6 is 23.1 Å². The van der Waals surface area contributed by atoms with Crippen LogP contribution in [-0.2, 0) is 11.3 Å². The molecule has 0 bridgehead atoms. The SMILES string of the molecule is c1csc(Cn2nnnc2SC[C@H]2CCCO2)c1. The van der Waals surface area contributed by atoms with E-state index in [1.54, 1.807) is 23.1 Å². The maximum absolute atomic E-state index is 5.60. The van der Waals surface area contributed by atoms with Crippen LogP contribution in [0.2, 0.25) is 0 Å². The summed E-state index contributed by atoms with van der Waals surface area (Å²) in [6.07, 6.45) is 2.69. The topological polar surface area (TPSA) is 52.8 Å². The second-order valence-corrected chi connectivity index (χ2v) is 6.16. The molecule has 0 unspecified atom stereocenters. The van der Waals surface area contributed by atoms with Crippen molar-refractivity contribution in [3.63, 3.8) is 0 Å². The molecule has 1 atom stereocenters. The molecule has 1 aliphatic heterocycles. The molecule has 0 spiro atoms. The van der Waals surface area contributed by atoms with Gasteiger partial charge in [0.1, 0.15) is 0 Å². The fourth-order valence-electron chi connectivity index (χ4n) is 1.89. The molecular formula is C11H14N4OS2. The maximum atomic E-state index is 5.60. The van der Waals surface area contributed by atoms with E-state index in [1.807, 2.05) is 10.7 Å². The van der Waals surface area contributed by atoms with Gasteiger partial charge in [-0.1, -0.05) is 17.8 Å². The van der Waals surface area contributed by atoms with Crippen LogP contribution in [0.4, 0.5) is 0 Å². The van der Waals surface area contributed by atoms with Crippen molar-refractivity contribution in [3.8, 4) is 0 Å². The van der Waals surface area contributed by atoms with Gasteiger partial charge in [0.15, 0.2) is 0 Å². The van der Waals surface area contributed by atoms with Crippen molar-refractivity contribution in [3.05, 3.63) is 22.4 Å². The molecule has 3 rings (SSSR count). The summed E-state index contributed by atoms with van der Waals surface area (Å²) in [6, 6.07) is 4.14. The van der Waals surface area contributed by atoms with Crippen LogP contribution in [0.25, 0.3) is 0 Å². The highest BCUT2D eigenvalue weighted by atomic mass is 32.2. The van der Waals surface area contributed by atoms with E-state index in [4.69, 9.17) is 4.74 Å². The Morgan fingerprint density at radius 1 is 1.56 bits per heavy atom. The van der Waals surface area contributed by atoms with Crippen molar-refractivity contribution in [1.82, 2.24) is 20.2 Å². The largest absolute Gasteiger partial charge is 0.377 e. The molecule has 2 aromatic heterocycles. The highest BCUT2D eigenvalue weighted by Crippen LogP contribution is 2.22. The fourth-order valence-corrected chi connectivity index (χ4v) is 3.52. The van der Waals surface area contributed by atoms with Crippen LogP contribution in [0, 0.1) is 0 Å². The zero-order chi connectivity index (χ0) is 12.2. The molecule has 0 aromatic carbocycles. The minimum Gasteiger partial charge on any atom is -0.377 e. The zero-order valence-corrected chi connectivity index (χ0v) is 11.5. The third-order valence-electron chi connectivity index (χ3n) is 2.81. The number of aromatic nitrogens is 4. The lowest BCUT2D eigenvalue weighted by Gasteiger charge is -2.07. The number of thioether (sulfide) groups is 1. The predicted molar refractivity (Wildman–Crippen MR) is 70.9 cm³/mol. The Bertz CT molecular complexity index is 479. The molecule has 0 radical (unpaired) electrons. The quantitative estimate of drug-likeness (QED) is 0.786. The second-order valence-electron chi connectivity index (χ2n) is 4.14. The Labute approximate surface area is 114 Å². The summed E-state index contributed by atoms with van der Waals surface area (Å²) in [4.78, 5) is 1.27. The molecule has 3 heterocycles. The predicted octanol–water partition coefficient (Wildman–Crippen LogP) is 2.05. The number of hydrogen-bond acceptors (Lipinski definition) is 6. The van der Waals surface area contributed by atoms with E-state index in [1.165, 1.54) is 11.3 Å². The van der Waals surface area contributed by atoms with Gasteiger partial charge in [-0.25, -0.2) is 4.68 Å². The van der Waals surface area contributed by atoms with Gasteiger partial charge in [-0.3, -0.25) is 0 Å². The van der Waals surface area contributed by atoms with Crippen LogP contribution in [0.3, 0.4) is 0 Å². The van der Waals surface area contributed by atoms with Crippen LogP contribution in [0.5, 0.6) is 0 Å². The van der Waals surface area contributed by atoms with Gasteiger partial charge in [0.25, 0.3) is 0 Å². The summed E-state index contributed by atoms with van der Waals surface area (Å²) in [5.74, 6) is 0.935. The summed E-state index contributed by atoms with van der Waals surface area (Å²) in [5, 5.41) is 14.8. The Balaban J connectivity index is 1.60. The Morgan fingerprint density at radius 3 is 3.33 bits per heavy atom. The van der Waals surface area contributed by atoms with Crippen molar-refractivity contribution in [2.24, 2.45) is 0 Å². The van der Waals surface area contributed by atoms with Gasteiger partial charge >= 0.3 is 0 Å². The lowest BCUT2D eigenvalue weighted by Crippen LogP contribution is -2.09. The number of tetrazole rings is 1. The molecule has 18 heavy (non-hydrogen) atoms. The van der Waals surface area contributed by atoms with Crippen LogP contribution in [0.1, 0.15) is 17.7 Å². The van der Waals surface area contributed by atoms with Crippen molar-refractivity contribution >= 4 is 23.1 Å². The highest BCUT2D eigenvalue weighted by Gasteiger charge is 2.17. The van der Waals surface area contributed by atoms with Gasteiger partial charge in [0, 0.05) is 17.2 Å². The molecule has 0 amide bonds. The van der Waals surface area contributed by atoms with Crippen molar-refractivity contribution < 1.29 is 4.74 Å². The van der Waals surface area contributed by atoms with E-state index in [0.717, 1.165) is 30.5 Å². The first kappa shape index (κ1) is 12.1. The first-order valence-corrected chi connectivity index (χ1v) is 7.81. The third kappa shape index (κ3) is 2.90. The molecule has 7 heteroatoms. The fraction of sp³-hybridized carbons (Fsp3) is 0.545. The average molecular weight is 282 g/mol. The highest BCUT2D eigenvalue weighted by molar-refractivity contribution is 7.99. The monoisotopic (exact) mass is 282 g/mol. The Hall–Kier alpha value is -0.920. The van der Waals surface area contributed by atoms with Gasteiger partial charge in [0.2, 0.25) is 5.16 Å². The standard InChI is InChI=1S/C11H14N4OS2/c1-3-9(16-5-1)8-18-11-12-13-14-15(11)7-10-4-2-6-17-10/h2,4,6,9H,1,3,5,7-8H2/t9-/m1/s1. The van der Waals surface area contributed by atoms with Crippen LogP contribution in [-0.4, -0.2) is 38.7 Å². The molecular weight excluding hydrogens is 268 g/mol. The Morgan fingerprint density at radius 2 is 2.56 bits per heavy atom. The minimum atomic E-state index is 0.363. The molecule has 0 N–H and O–H groups in total. The number of rotatable bonds is 5. The molecule has 1 fully saturated rings. The molecule has 96 valence electrons. The van der Waals surface area contributed by atoms with E-state index in [2.05, 4.69) is 27.0 Å². The summed E-state index contributed by atoms with van der Waals surface area (Å²) in [5.41, 5.74) is 0. The van der Waals surface area contributed by atoms with E-state index in [0.29, 0.717) is 6.10 Å². The summed E-state index contributed by atoms with van der Waals surface area (Å²) in [7, 11) is 0. The number of ether oxygens (including phenoxy) is 1. The summed E-state index contributed by atoms with van der Waals surface area (Å²) >= 11 is 3.40. The number of hydrogen-bond donors (Lipinski definition) is 0. The van der Waals surface area contributed by atoms with Crippen molar-refractivity contribution in [2.75, 3.05) is 12.4 Å². The van der Waals surface area contributed by atoms with Crippen LogP contribution < -0.4 is 0 Å². The molecule has 1 aliphatic rings. The maximum Gasteiger partial charge on any atom is 0.209 e. The minimum absolute atomic E-state index is 0.363. The lowest BCUT2D eigenvalue weighted by atomic mass is 10.3. The summed E-state index contributed by atoms with van der Waals surface area (Å²) < 4.78 is 7.45. The summed E-state index contributed by atoms with van der Waals surface area (Å²) in [6.45, 7) is 1.64. The zero-order valence-electron chi connectivity index (χ0n) is 9.86. The van der Waals surface area contributed by atoms with Gasteiger partial charge in [-0.2, -0.15) is 0 Å². The van der Waals surface area contributed by atoms with Crippen LogP contribution in [0.15, 0.2) is 22.7 Å². The molecule has 1 saturated heterocycles. The Kier molecular flexibility index (Phi) is 3.92. The number of thiophene rings is 1. The number of nitrogens with zero attached hydrogens (tertiary/aromatic N) is 4. The third-order valence-corrected chi connectivity index (χ3v) is 4.76. The van der Waals surface area contributed by atoms with E-state index >= 15 is 0 Å². The van der Waals surface area contributed by atoms with Gasteiger partial charge < -0.3 is 4.74 Å². The first-order valence-electron chi connectivity index (χ1n) is 5.95. The van der Waals surface area contributed by atoms with E-state index in [9.17, 15) is 0 Å². The van der Waals surface area contributed by atoms with Gasteiger partial charge in [-0.15, -0.1) is 16.4 Å². The average Bonchev–Trinajstić information content (AvgIpc) is 3.10. The molecule has 0 aliphatic carbocycles. The smallest absolute Gasteiger partial charge is 0.209 e. The lowest BCUT2D eigenvalue weighted by molar-refractivity contribution is 0.129. The first-order chi connectivity index (χ1) is 8.92.